The normalized spacial score (nSPS) is 19.7. The molecule has 0 aliphatic carbocycles. The molecule has 1 aromatic rings. The lowest BCUT2D eigenvalue weighted by atomic mass is 10.1. The van der Waals surface area contributed by atoms with Crippen molar-refractivity contribution in [1.29, 1.82) is 0 Å². The maximum Gasteiger partial charge on any atom is 0.257 e. The molecule has 17 heavy (non-hydrogen) atoms. The Morgan fingerprint density at radius 1 is 1.71 bits per heavy atom. The number of pyridine rings is 1. The van der Waals surface area contributed by atoms with Gasteiger partial charge < -0.3 is 4.90 Å². The van der Waals surface area contributed by atoms with Crippen LogP contribution in [0.4, 0.5) is 4.39 Å². The lowest BCUT2D eigenvalue weighted by Gasteiger charge is -2.23. The van der Waals surface area contributed by atoms with Gasteiger partial charge in [0.1, 0.15) is 11.0 Å². The number of rotatable bonds is 2. The van der Waals surface area contributed by atoms with Gasteiger partial charge in [-0.05, 0) is 25.3 Å². The van der Waals surface area contributed by atoms with Crippen molar-refractivity contribution in [2.24, 2.45) is 0 Å². The summed E-state index contributed by atoms with van der Waals surface area (Å²) in [4.78, 5) is 17.7. The van der Waals surface area contributed by atoms with Gasteiger partial charge in [-0.2, -0.15) is 0 Å². The molecule has 1 saturated heterocycles. The first kappa shape index (κ1) is 12.3. The SMILES string of the molecule is CCC1CCCN1C(=O)c1cc(F)cnc1Cl. The van der Waals surface area contributed by atoms with Gasteiger partial charge in [-0.15, -0.1) is 0 Å². The van der Waals surface area contributed by atoms with Gasteiger partial charge in [-0.1, -0.05) is 18.5 Å². The fraction of sp³-hybridized carbons (Fsp3) is 0.500. The fourth-order valence-corrected chi connectivity index (χ4v) is 2.44. The van der Waals surface area contributed by atoms with E-state index < -0.39 is 5.82 Å². The van der Waals surface area contributed by atoms with Crippen LogP contribution in [0.2, 0.25) is 5.15 Å². The predicted octanol–water partition coefficient (Wildman–Crippen LogP) is 2.89. The van der Waals surface area contributed by atoms with Crippen LogP contribution in [0.1, 0.15) is 36.5 Å². The molecule has 1 aromatic heterocycles. The maximum atomic E-state index is 13.1. The number of carbonyl (C=O) groups is 1. The second-order valence-electron chi connectivity index (χ2n) is 4.19. The van der Waals surface area contributed by atoms with Gasteiger partial charge in [0.2, 0.25) is 0 Å². The van der Waals surface area contributed by atoms with Crippen LogP contribution >= 0.6 is 11.6 Å². The molecule has 1 aliphatic rings. The van der Waals surface area contributed by atoms with Gasteiger partial charge in [-0.25, -0.2) is 9.37 Å². The summed E-state index contributed by atoms with van der Waals surface area (Å²) < 4.78 is 13.1. The monoisotopic (exact) mass is 256 g/mol. The highest BCUT2D eigenvalue weighted by atomic mass is 35.5. The molecule has 0 saturated carbocycles. The average molecular weight is 257 g/mol. The minimum absolute atomic E-state index is 0.0677. The van der Waals surface area contributed by atoms with E-state index in [1.165, 1.54) is 0 Å². The molecule has 5 heteroatoms. The summed E-state index contributed by atoms with van der Waals surface area (Å²) in [5.74, 6) is -0.753. The zero-order chi connectivity index (χ0) is 12.4. The van der Waals surface area contributed by atoms with Gasteiger partial charge in [0.25, 0.3) is 5.91 Å². The molecule has 0 spiro atoms. The van der Waals surface area contributed by atoms with Crippen molar-refractivity contribution in [3.8, 4) is 0 Å². The number of nitrogens with zero attached hydrogens (tertiary/aromatic N) is 2. The Kier molecular flexibility index (Phi) is 3.62. The van der Waals surface area contributed by atoms with Crippen molar-refractivity contribution in [2.75, 3.05) is 6.54 Å². The highest BCUT2D eigenvalue weighted by Gasteiger charge is 2.29. The highest BCUT2D eigenvalue weighted by molar-refractivity contribution is 6.32. The molecule has 2 rings (SSSR count). The standard InChI is InChI=1S/C12H14ClFN2O/c1-2-9-4-3-5-16(9)12(17)10-6-8(14)7-15-11(10)13/h6-7,9H,2-5H2,1H3. The summed E-state index contributed by atoms with van der Waals surface area (Å²) in [5.41, 5.74) is 0.159. The third-order valence-electron chi connectivity index (χ3n) is 3.15. The Morgan fingerprint density at radius 2 is 2.47 bits per heavy atom. The van der Waals surface area contributed by atoms with Crippen molar-refractivity contribution in [3.05, 3.63) is 28.8 Å². The Morgan fingerprint density at radius 3 is 3.18 bits per heavy atom. The van der Waals surface area contributed by atoms with E-state index in [9.17, 15) is 9.18 Å². The quantitative estimate of drug-likeness (QED) is 0.763. The molecule has 0 radical (unpaired) electrons. The second kappa shape index (κ2) is 5.00. The zero-order valence-corrected chi connectivity index (χ0v) is 10.4. The van der Waals surface area contributed by atoms with Crippen LogP contribution in [0, 0.1) is 5.82 Å². The summed E-state index contributed by atoms with van der Waals surface area (Å²) in [5, 5.41) is 0.0677. The molecule has 92 valence electrons. The second-order valence-corrected chi connectivity index (χ2v) is 4.55. The van der Waals surface area contributed by atoms with Crippen molar-refractivity contribution < 1.29 is 9.18 Å². The van der Waals surface area contributed by atoms with E-state index in [4.69, 9.17) is 11.6 Å². The molecular weight excluding hydrogens is 243 g/mol. The average Bonchev–Trinajstić information content (AvgIpc) is 2.79. The number of likely N-dealkylation sites (tertiary alicyclic amines) is 1. The van der Waals surface area contributed by atoms with E-state index in [-0.39, 0.29) is 22.7 Å². The molecule has 3 nitrogen and oxygen atoms in total. The minimum atomic E-state index is -0.537. The van der Waals surface area contributed by atoms with Gasteiger partial charge >= 0.3 is 0 Å². The van der Waals surface area contributed by atoms with E-state index in [0.717, 1.165) is 31.5 Å². The highest BCUT2D eigenvalue weighted by Crippen LogP contribution is 2.24. The van der Waals surface area contributed by atoms with Crippen LogP contribution in [-0.4, -0.2) is 28.4 Å². The van der Waals surface area contributed by atoms with Gasteiger partial charge in [0.15, 0.2) is 0 Å². The van der Waals surface area contributed by atoms with Crippen LogP contribution in [0.25, 0.3) is 0 Å². The summed E-state index contributed by atoms with van der Waals surface area (Å²) in [6.45, 7) is 2.76. The molecule has 1 atom stereocenters. The third-order valence-corrected chi connectivity index (χ3v) is 3.45. The summed E-state index contributed by atoms with van der Waals surface area (Å²) in [7, 11) is 0. The molecule has 1 amide bonds. The largest absolute Gasteiger partial charge is 0.336 e. The number of aromatic nitrogens is 1. The Hall–Kier alpha value is -1.16. The van der Waals surface area contributed by atoms with Crippen LogP contribution in [0.15, 0.2) is 12.3 Å². The number of amides is 1. The molecule has 0 aromatic carbocycles. The molecule has 1 aliphatic heterocycles. The Balaban J connectivity index is 2.27. The van der Waals surface area contributed by atoms with Crippen LogP contribution in [0.3, 0.4) is 0 Å². The smallest absolute Gasteiger partial charge is 0.257 e. The van der Waals surface area contributed by atoms with Crippen molar-refractivity contribution in [3.63, 3.8) is 0 Å². The number of hydrogen-bond acceptors (Lipinski definition) is 2. The lowest BCUT2D eigenvalue weighted by molar-refractivity contribution is 0.0733. The molecule has 0 bridgehead atoms. The minimum Gasteiger partial charge on any atom is -0.336 e. The van der Waals surface area contributed by atoms with Gasteiger partial charge in [0, 0.05) is 12.6 Å². The first-order chi connectivity index (χ1) is 8.13. The number of hydrogen-bond donors (Lipinski definition) is 0. The number of carbonyl (C=O) groups excluding carboxylic acids is 1. The summed E-state index contributed by atoms with van der Waals surface area (Å²) >= 11 is 5.84. The van der Waals surface area contributed by atoms with Crippen LogP contribution in [0.5, 0.6) is 0 Å². The Bertz CT molecular complexity index is 439. The molecule has 0 N–H and O–H groups in total. The van der Waals surface area contributed by atoms with Gasteiger partial charge in [0.05, 0.1) is 11.8 Å². The van der Waals surface area contributed by atoms with Crippen molar-refractivity contribution in [2.45, 2.75) is 32.2 Å². The van der Waals surface area contributed by atoms with Crippen LogP contribution < -0.4 is 0 Å². The molecule has 1 fully saturated rings. The molecule has 1 unspecified atom stereocenters. The maximum absolute atomic E-state index is 13.1. The Labute approximate surface area is 105 Å². The number of halogens is 2. The topological polar surface area (TPSA) is 33.2 Å². The summed E-state index contributed by atoms with van der Waals surface area (Å²) in [6, 6.07) is 1.39. The van der Waals surface area contributed by atoms with Gasteiger partial charge in [-0.3, -0.25) is 4.79 Å². The van der Waals surface area contributed by atoms with E-state index in [1.54, 1.807) is 4.90 Å². The first-order valence-electron chi connectivity index (χ1n) is 5.75. The third kappa shape index (κ3) is 2.41. The first-order valence-corrected chi connectivity index (χ1v) is 6.13. The zero-order valence-electron chi connectivity index (χ0n) is 9.62. The fourth-order valence-electron chi connectivity index (χ4n) is 2.25. The van der Waals surface area contributed by atoms with Crippen molar-refractivity contribution >= 4 is 17.5 Å². The molecular formula is C12H14ClFN2O. The van der Waals surface area contributed by atoms with E-state index in [2.05, 4.69) is 4.98 Å². The lowest BCUT2D eigenvalue weighted by Crippen LogP contribution is -2.35. The van der Waals surface area contributed by atoms with Crippen LogP contribution in [-0.2, 0) is 0 Å². The summed E-state index contributed by atoms with van der Waals surface area (Å²) in [6.07, 6.45) is 3.92. The van der Waals surface area contributed by atoms with E-state index >= 15 is 0 Å². The molecule has 2 heterocycles. The van der Waals surface area contributed by atoms with E-state index in [1.807, 2.05) is 6.92 Å². The van der Waals surface area contributed by atoms with Crippen molar-refractivity contribution in [1.82, 2.24) is 9.88 Å². The van der Waals surface area contributed by atoms with E-state index in [0.29, 0.717) is 6.54 Å². The predicted molar refractivity (Wildman–Crippen MR) is 63.6 cm³/mol.